The van der Waals surface area contributed by atoms with Crippen LogP contribution < -0.4 is 15.5 Å². The Hall–Kier alpha value is -3.06. The van der Waals surface area contributed by atoms with Gasteiger partial charge in [0, 0.05) is 30.4 Å². The molecule has 3 N–H and O–H groups in total. The molecule has 31 heavy (non-hydrogen) atoms. The Kier molecular flexibility index (Phi) is 6.72. The minimum atomic E-state index is -0.114. The summed E-state index contributed by atoms with van der Waals surface area (Å²) < 4.78 is 0. The van der Waals surface area contributed by atoms with Crippen LogP contribution >= 0.6 is 0 Å². The maximum atomic E-state index is 12.5. The number of amides is 2. The highest BCUT2D eigenvalue weighted by molar-refractivity contribution is 5.94. The molecule has 0 aromatic heterocycles. The Morgan fingerprint density at radius 1 is 0.903 bits per heavy atom. The molecule has 164 valence electrons. The molecule has 2 aliphatic heterocycles. The molecule has 4 rings (SSSR count). The molecule has 2 aromatic carbocycles. The number of hydrogen-bond acceptors (Lipinski definition) is 5. The van der Waals surface area contributed by atoms with Gasteiger partial charge >= 0.3 is 0 Å². The number of carbonyl (C=O) groups is 2. The van der Waals surface area contributed by atoms with Gasteiger partial charge in [-0.05, 0) is 75.2 Å². The highest BCUT2D eigenvalue weighted by Gasteiger charge is 2.26. The predicted octanol–water partition coefficient (Wildman–Crippen LogP) is 3.28. The molecule has 7 nitrogen and oxygen atoms in total. The maximum Gasteiger partial charge on any atom is 0.238 e. The Morgan fingerprint density at radius 3 is 2.26 bits per heavy atom. The van der Waals surface area contributed by atoms with Gasteiger partial charge < -0.3 is 20.6 Å². The molecule has 2 aromatic rings. The number of aromatic hydroxyl groups is 1. The Labute approximate surface area is 183 Å². The largest absolute Gasteiger partial charge is 0.506 e. The summed E-state index contributed by atoms with van der Waals surface area (Å²) in [6.07, 6.45) is 3.87. The first kappa shape index (κ1) is 21.2. The van der Waals surface area contributed by atoms with E-state index in [1.165, 1.54) is 18.5 Å². The number of carbonyl (C=O) groups excluding carboxylic acids is 2. The molecule has 0 radical (unpaired) electrons. The smallest absolute Gasteiger partial charge is 0.238 e. The van der Waals surface area contributed by atoms with Crippen molar-refractivity contribution in [2.75, 3.05) is 48.3 Å². The quantitative estimate of drug-likeness (QED) is 0.622. The van der Waals surface area contributed by atoms with Crippen LogP contribution in [0.2, 0.25) is 0 Å². The van der Waals surface area contributed by atoms with E-state index in [0.717, 1.165) is 18.8 Å². The first-order valence-corrected chi connectivity index (χ1v) is 11.0. The normalized spacial score (nSPS) is 17.5. The van der Waals surface area contributed by atoms with Crippen molar-refractivity contribution in [2.45, 2.75) is 25.7 Å². The lowest BCUT2D eigenvalue weighted by atomic mass is 9.95. The van der Waals surface area contributed by atoms with Gasteiger partial charge in [0.1, 0.15) is 5.75 Å². The number of rotatable bonds is 6. The third-order valence-electron chi connectivity index (χ3n) is 6.11. The number of nitrogens with one attached hydrogen (secondary N) is 2. The predicted molar refractivity (Wildman–Crippen MR) is 122 cm³/mol. The molecule has 2 heterocycles. The third-order valence-corrected chi connectivity index (χ3v) is 6.11. The topological polar surface area (TPSA) is 84.9 Å². The van der Waals surface area contributed by atoms with Gasteiger partial charge in [0.25, 0.3) is 0 Å². The first-order valence-electron chi connectivity index (χ1n) is 11.0. The van der Waals surface area contributed by atoms with E-state index in [9.17, 15) is 14.7 Å². The van der Waals surface area contributed by atoms with E-state index in [4.69, 9.17) is 0 Å². The number of para-hydroxylation sites is 2. The van der Waals surface area contributed by atoms with Crippen molar-refractivity contribution in [2.24, 2.45) is 5.92 Å². The van der Waals surface area contributed by atoms with Crippen LogP contribution in [0.5, 0.6) is 5.75 Å². The lowest BCUT2D eigenvalue weighted by molar-refractivity contribution is -0.121. The molecule has 2 saturated heterocycles. The van der Waals surface area contributed by atoms with Gasteiger partial charge in [-0.15, -0.1) is 0 Å². The summed E-state index contributed by atoms with van der Waals surface area (Å²) in [6.45, 7) is 3.92. The van der Waals surface area contributed by atoms with Crippen LogP contribution in [0.4, 0.5) is 17.1 Å². The first-order chi connectivity index (χ1) is 15.1. The van der Waals surface area contributed by atoms with Crippen molar-refractivity contribution in [3.05, 3.63) is 48.5 Å². The molecule has 0 saturated carbocycles. The Balaban J connectivity index is 1.21. The summed E-state index contributed by atoms with van der Waals surface area (Å²) in [5.74, 6) is -0.162. The molecule has 7 heteroatoms. The number of benzene rings is 2. The van der Waals surface area contributed by atoms with Crippen molar-refractivity contribution in [3.8, 4) is 5.75 Å². The van der Waals surface area contributed by atoms with Crippen molar-refractivity contribution < 1.29 is 14.7 Å². The van der Waals surface area contributed by atoms with Crippen molar-refractivity contribution in [3.63, 3.8) is 0 Å². The third kappa shape index (κ3) is 5.55. The minimum absolute atomic E-state index is 0.0361. The van der Waals surface area contributed by atoms with Gasteiger partial charge in [-0.2, -0.15) is 0 Å². The van der Waals surface area contributed by atoms with Crippen LogP contribution in [0.1, 0.15) is 25.7 Å². The summed E-state index contributed by atoms with van der Waals surface area (Å²) in [6, 6.07) is 14.8. The van der Waals surface area contributed by atoms with Crippen molar-refractivity contribution in [1.82, 2.24) is 4.90 Å². The summed E-state index contributed by atoms with van der Waals surface area (Å²) in [7, 11) is 0. The van der Waals surface area contributed by atoms with Crippen LogP contribution in [0.15, 0.2) is 48.5 Å². The number of likely N-dealkylation sites (tertiary alicyclic amines) is 1. The number of nitrogens with zero attached hydrogens (tertiary/aromatic N) is 2. The van der Waals surface area contributed by atoms with Crippen molar-refractivity contribution >= 4 is 28.9 Å². The molecule has 0 bridgehead atoms. The average molecular weight is 423 g/mol. The lowest BCUT2D eigenvalue weighted by Gasteiger charge is -2.30. The Morgan fingerprint density at radius 2 is 1.58 bits per heavy atom. The zero-order valence-electron chi connectivity index (χ0n) is 17.7. The maximum absolute atomic E-state index is 12.5. The molecule has 2 fully saturated rings. The van der Waals surface area contributed by atoms with Gasteiger partial charge in [-0.1, -0.05) is 12.1 Å². The van der Waals surface area contributed by atoms with Gasteiger partial charge in [0.2, 0.25) is 11.8 Å². The molecule has 0 atom stereocenters. The summed E-state index contributed by atoms with van der Waals surface area (Å²) in [5.41, 5.74) is 2.45. The number of phenols is 1. The fourth-order valence-electron chi connectivity index (χ4n) is 4.30. The molecule has 0 unspecified atom stereocenters. The van der Waals surface area contributed by atoms with Crippen LogP contribution in [0.25, 0.3) is 0 Å². The molecular formula is C24H30N4O3. The fraction of sp³-hybridized carbons (Fsp3) is 0.417. The average Bonchev–Trinajstić information content (AvgIpc) is 3.31. The molecule has 0 aliphatic carbocycles. The number of phenolic OH excluding ortho intramolecular Hbond substituents is 1. The monoisotopic (exact) mass is 422 g/mol. The van der Waals surface area contributed by atoms with Gasteiger partial charge in [-0.25, -0.2) is 0 Å². The number of piperidine rings is 1. The summed E-state index contributed by atoms with van der Waals surface area (Å²) in [5, 5.41) is 15.6. The highest BCUT2D eigenvalue weighted by atomic mass is 16.3. The number of anilines is 3. The van der Waals surface area contributed by atoms with E-state index >= 15 is 0 Å². The fourth-order valence-corrected chi connectivity index (χ4v) is 4.30. The second kappa shape index (κ2) is 9.83. The molecule has 2 amide bonds. The van der Waals surface area contributed by atoms with Crippen LogP contribution in [-0.4, -0.2) is 54.5 Å². The SMILES string of the molecule is O=C(CN1CCC(C(=O)Nc2ccccc2O)CC1)Nc1ccc(N2CCCC2)cc1. The molecule has 2 aliphatic rings. The standard InChI is InChI=1S/C24H30N4O3/c29-22-6-2-1-5-21(22)26-24(31)18-11-15-27(16-12-18)17-23(30)25-19-7-9-20(10-8-19)28-13-3-4-14-28/h1-2,5-10,18,29H,3-4,11-17H2,(H,25,30)(H,26,31). The van der Waals surface area contributed by atoms with Crippen LogP contribution in [-0.2, 0) is 9.59 Å². The van der Waals surface area contributed by atoms with Gasteiger partial charge in [-0.3, -0.25) is 14.5 Å². The zero-order valence-corrected chi connectivity index (χ0v) is 17.7. The highest BCUT2D eigenvalue weighted by Crippen LogP contribution is 2.25. The van der Waals surface area contributed by atoms with E-state index in [0.29, 0.717) is 38.2 Å². The zero-order chi connectivity index (χ0) is 21.6. The van der Waals surface area contributed by atoms with Gasteiger partial charge in [0.05, 0.1) is 12.2 Å². The summed E-state index contributed by atoms with van der Waals surface area (Å²) >= 11 is 0. The Bertz CT molecular complexity index is 901. The van der Waals surface area contributed by atoms with E-state index < -0.39 is 0 Å². The van der Waals surface area contributed by atoms with E-state index in [2.05, 4.69) is 32.6 Å². The van der Waals surface area contributed by atoms with E-state index in [1.54, 1.807) is 24.3 Å². The minimum Gasteiger partial charge on any atom is -0.506 e. The lowest BCUT2D eigenvalue weighted by Crippen LogP contribution is -2.41. The van der Waals surface area contributed by atoms with Crippen LogP contribution in [0, 0.1) is 5.92 Å². The van der Waals surface area contributed by atoms with Gasteiger partial charge in [0.15, 0.2) is 0 Å². The second-order valence-corrected chi connectivity index (χ2v) is 8.35. The van der Waals surface area contributed by atoms with Crippen LogP contribution in [0.3, 0.4) is 0 Å². The molecular weight excluding hydrogens is 392 g/mol. The van der Waals surface area contributed by atoms with Crippen molar-refractivity contribution in [1.29, 1.82) is 0 Å². The summed E-state index contributed by atoms with van der Waals surface area (Å²) in [4.78, 5) is 29.4. The second-order valence-electron chi connectivity index (χ2n) is 8.35. The molecule has 0 spiro atoms. The van der Waals surface area contributed by atoms with E-state index in [1.807, 2.05) is 12.1 Å². The number of hydrogen-bond donors (Lipinski definition) is 3. The van der Waals surface area contributed by atoms with E-state index in [-0.39, 0.29) is 23.5 Å².